The highest BCUT2D eigenvalue weighted by molar-refractivity contribution is 5.94. The van der Waals surface area contributed by atoms with Gasteiger partial charge in [-0.3, -0.25) is 5.41 Å². The van der Waals surface area contributed by atoms with Crippen molar-refractivity contribution in [1.82, 2.24) is 4.98 Å². The first-order valence-electron chi connectivity index (χ1n) is 6.03. The lowest BCUT2D eigenvalue weighted by Gasteiger charge is -2.37. The van der Waals surface area contributed by atoms with Crippen molar-refractivity contribution in [3.05, 3.63) is 23.9 Å². The largest absolute Gasteiger partial charge is 0.384 e. The summed E-state index contributed by atoms with van der Waals surface area (Å²) in [5.41, 5.74) is 6.55. The number of pyridine rings is 1. The second-order valence-electron chi connectivity index (χ2n) is 5.47. The molecule has 0 radical (unpaired) electrons. The summed E-state index contributed by atoms with van der Waals surface area (Å²) in [6, 6.07) is 3.82. The maximum atomic E-state index is 7.33. The molecule has 0 unspecified atom stereocenters. The number of hydrogen-bond acceptors (Lipinski definition) is 3. The van der Waals surface area contributed by atoms with Gasteiger partial charge in [0.05, 0.1) is 0 Å². The summed E-state index contributed by atoms with van der Waals surface area (Å²) in [6.07, 6.45) is 4.07. The highest BCUT2D eigenvalue weighted by Gasteiger charge is 2.25. The Bertz CT molecular complexity index is 398. The summed E-state index contributed by atoms with van der Waals surface area (Å²) in [5.74, 6) is 1.06. The molecule has 92 valence electrons. The number of nitrogens with zero attached hydrogens (tertiary/aromatic N) is 2. The van der Waals surface area contributed by atoms with Crippen molar-refractivity contribution >= 4 is 11.7 Å². The summed E-state index contributed by atoms with van der Waals surface area (Å²) < 4.78 is 0. The fourth-order valence-corrected chi connectivity index (χ4v) is 2.07. The van der Waals surface area contributed by atoms with Crippen LogP contribution >= 0.6 is 0 Å². The standard InChI is InChI=1S/C13H20N4/c1-13(2)5-7-17(8-6-13)11-4-3-10(9-16-11)12(14)15/h3-4,9H,5-8H2,1-2H3,(H3,14,15). The highest BCUT2D eigenvalue weighted by atomic mass is 15.2. The monoisotopic (exact) mass is 232 g/mol. The Morgan fingerprint density at radius 1 is 1.35 bits per heavy atom. The Kier molecular flexibility index (Phi) is 3.05. The Morgan fingerprint density at radius 3 is 2.47 bits per heavy atom. The minimum Gasteiger partial charge on any atom is -0.384 e. The van der Waals surface area contributed by atoms with Crippen molar-refractivity contribution in [2.75, 3.05) is 18.0 Å². The van der Waals surface area contributed by atoms with Gasteiger partial charge in [-0.2, -0.15) is 0 Å². The number of nitrogens with two attached hydrogens (primary N) is 1. The van der Waals surface area contributed by atoms with Crippen LogP contribution in [0.1, 0.15) is 32.3 Å². The first-order chi connectivity index (χ1) is 7.98. The van der Waals surface area contributed by atoms with Crippen LogP contribution in [0, 0.1) is 10.8 Å². The lowest BCUT2D eigenvalue weighted by Crippen LogP contribution is -2.37. The van der Waals surface area contributed by atoms with E-state index in [-0.39, 0.29) is 5.84 Å². The van der Waals surface area contributed by atoms with Gasteiger partial charge in [-0.15, -0.1) is 0 Å². The molecule has 2 rings (SSSR count). The van der Waals surface area contributed by atoms with E-state index in [9.17, 15) is 0 Å². The molecule has 17 heavy (non-hydrogen) atoms. The molecule has 1 aromatic heterocycles. The van der Waals surface area contributed by atoms with E-state index in [1.54, 1.807) is 6.20 Å². The number of nitrogen functional groups attached to an aromatic ring is 1. The van der Waals surface area contributed by atoms with E-state index < -0.39 is 0 Å². The van der Waals surface area contributed by atoms with Crippen molar-refractivity contribution in [1.29, 1.82) is 5.41 Å². The van der Waals surface area contributed by atoms with E-state index in [4.69, 9.17) is 11.1 Å². The lowest BCUT2D eigenvalue weighted by molar-refractivity contribution is 0.279. The third-order valence-corrected chi connectivity index (χ3v) is 3.50. The van der Waals surface area contributed by atoms with E-state index in [0.717, 1.165) is 18.9 Å². The molecule has 0 aliphatic carbocycles. The van der Waals surface area contributed by atoms with E-state index in [1.807, 2.05) is 12.1 Å². The molecule has 0 bridgehead atoms. The molecule has 4 heteroatoms. The number of piperidine rings is 1. The molecular formula is C13H20N4. The van der Waals surface area contributed by atoms with Crippen LogP contribution in [0.15, 0.2) is 18.3 Å². The van der Waals surface area contributed by atoms with Crippen LogP contribution in [0.2, 0.25) is 0 Å². The van der Waals surface area contributed by atoms with Crippen LogP contribution in [0.25, 0.3) is 0 Å². The summed E-state index contributed by atoms with van der Waals surface area (Å²) in [4.78, 5) is 6.68. The summed E-state index contributed by atoms with van der Waals surface area (Å²) in [7, 11) is 0. The minimum absolute atomic E-state index is 0.0730. The van der Waals surface area contributed by atoms with Crippen molar-refractivity contribution < 1.29 is 0 Å². The van der Waals surface area contributed by atoms with Crippen LogP contribution in [0.4, 0.5) is 5.82 Å². The van der Waals surface area contributed by atoms with Gasteiger partial charge in [-0.1, -0.05) is 13.8 Å². The van der Waals surface area contributed by atoms with Gasteiger partial charge in [0.15, 0.2) is 0 Å². The third kappa shape index (κ3) is 2.75. The molecule has 1 aromatic rings. The van der Waals surface area contributed by atoms with Crippen LogP contribution in [-0.4, -0.2) is 23.9 Å². The Balaban J connectivity index is 2.06. The highest BCUT2D eigenvalue weighted by Crippen LogP contribution is 2.31. The van der Waals surface area contributed by atoms with Crippen LogP contribution < -0.4 is 10.6 Å². The Hall–Kier alpha value is -1.58. The first-order valence-corrected chi connectivity index (χ1v) is 6.03. The molecule has 0 amide bonds. The van der Waals surface area contributed by atoms with Crippen molar-refractivity contribution in [2.24, 2.45) is 11.1 Å². The zero-order valence-electron chi connectivity index (χ0n) is 10.5. The van der Waals surface area contributed by atoms with Gasteiger partial charge >= 0.3 is 0 Å². The van der Waals surface area contributed by atoms with Crippen LogP contribution in [0.5, 0.6) is 0 Å². The minimum atomic E-state index is 0.0730. The van der Waals surface area contributed by atoms with E-state index in [0.29, 0.717) is 11.0 Å². The molecule has 0 spiro atoms. The summed E-state index contributed by atoms with van der Waals surface area (Å²) in [5, 5.41) is 7.33. The fraction of sp³-hybridized carbons (Fsp3) is 0.538. The average molecular weight is 232 g/mol. The van der Waals surface area contributed by atoms with Crippen molar-refractivity contribution in [2.45, 2.75) is 26.7 Å². The zero-order valence-corrected chi connectivity index (χ0v) is 10.5. The summed E-state index contributed by atoms with van der Waals surface area (Å²) in [6.45, 7) is 6.74. The molecule has 0 saturated carbocycles. The smallest absolute Gasteiger partial charge is 0.128 e. The third-order valence-electron chi connectivity index (χ3n) is 3.50. The number of anilines is 1. The van der Waals surface area contributed by atoms with Crippen molar-refractivity contribution in [3.63, 3.8) is 0 Å². The Morgan fingerprint density at radius 2 is 2.00 bits per heavy atom. The van der Waals surface area contributed by atoms with Gasteiger partial charge in [0.25, 0.3) is 0 Å². The predicted octanol–water partition coefficient (Wildman–Crippen LogP) is 1.99. The topological polar surface area (TPSA) is 66.0 Å². The van der Waals surface area contributed by atoms with E-state index in [1.165, 1.54) is 12.8 Å². The van der Waals surface area contributed by atoms with Gasteiger partial charge < -0.3 is 10.6 Å². The number of amidine groups is 1. The number of nitrogens with one attached hydrogen (secondary N) is 1. The second kappa shape index (κ2) is 4.35. The maximum absolute atomic E-state index is 7.33. The van der Waals surface area contributed by atoms with Crippen LogP contribution in [0.3, 0.4) is 0 Å². The second-order valence-corrected chi connectivity index (χ2v) is 5.47. The van der Waals surface area contributed by atoms with Crippen molar-refractivity contribution in [3.8, 4) is 0 Å². The first kappa shape index (κ1) is 11.9. The number of aromatic nitrogens is 1. The molecule has 0 atom stereocenters. The molecule has 1 saturated heterocycles. The SMILES string of the molecule is CC1(C)CCN(c2ccc(C(=N)N)cn2)CC1. The quantitative estimate of drug-likeness (QED) is 0.605. The van der Waals surface area contributed by atoms with Gasteiger partial charge in [-0.05, 0) is 30.4 Å². The molecule has 0 aromatic carbocycles. The normalized spacial score (nSPS) is 19.1. The van der Waals surface area contributed by atoms with Crippen LogP contribution in [-0.2, 0) is 0 Å². The fourth-order valence-electron chi connectivity index (χ4n) is 2.07. The maximum Gasteiger partial charge on any atom is 0.128 e. The molecular weight excluding hydrogens is 212 g/mol. The van der Waals surface area contributed by atoms with E-state index in [2.05, 4.69) is 23.7 Å². The van der Waals surface area contributed by atoms with Gasteiger partial charge in [0.2, 0.25) is 0 Å². The lowest BCUT2D eigenvalue weighted by atomic mass is 9.83. The van der Waals surface area contributed by atoms with Gasteiger partial charge in [-0.25, -0.2) is 4.98 Å². The molecule has 1 aliphatic rings. The molecule has 2 heterocycles. The van der Waals surface area contributed by atoms with E-state index >= 15 is 0 Å². The average Bonchev–Trinajstić information content (AvgIpc) is 2.29. The zero-order chi connectivity index (χ0) is 12.5. The predicted molar refractivity (Wildman–Crippen MR) is 70.5 cm³/mol. The molecule has 1 fully saturated rings. The number of hydrogen-bond donors (Lipinski definition) is 2. The van der Waals surface area contributed by atoms with Gasteiger partial charge in [0, 0.05) is 24.8 Å². The Labute approximate surface area is 102 Å². The summed E-state index contributed by atoms with van der Waals surface area (Å²) >= 11 is 0. The number of rotatable bonds is 2. The molecule has 4 nitrogen and oxygen atoms in total. The molecule has 1 aliphatic heterocycles. The van der Waals surface area contributed by atoms with Gasteiger partial charge in [0.1, 0.15) is 11.7 Å². The molecule has 3 N–H and O–H groups in total.